The SMILES string of the molecule is CCCCCCCCCCCSc1cocc1C(=O)CC(=O)OCC. The van der Waals surface area contributed by atoms with Crippen molar-refractivity contribution in [1.82, 2.24) is 0 Å². The van der Waals surface area contributed by atoms with Gasteiger partial charge >= 0.3 is 5.97 Å². The molecule has 0 aliphatic heterocycles. The molecule has 142 valence electrons. The highest BCUT2D eigenvalue weighted by Crippen LogP contribution is 2.26. The van der Waals surface area contributed by atoms with Crippen LogP contribution in [0.2, 0.25) is 0 Å². The number of hydrogen-bond donors (Lipinski definition) is 0. The molecule has 0 bridgehead atoms. The highest BCUT2D eigenvalue weighted by Gasteiger charge is 2.18. The second-order valence-electron chi connectivity index (χ2n) is 6.23. The first kappa shape index (κ1) is 21.8. The normalized spacial score (nSPS) is 10.8. The van der Waals surface area contributed by atoms with E-state index in [0.29, 0.717) is 5.56 Å². The van der Waals surface area contributed by atoms with Gasteiger partial charge in [-0.15, -0.1) is 11.8 Å². The second kappa shape index (κ2) is 14.0. The van der Waals surface area contributed by atoms with Gasteiger partial charge in [0.1, 0.15) is 18.9 Å². The van der Waals surface area contributed by atoms with Gasteiger partial charge in [-0.05, 0) is 19.1 Å². The fourth-order valence-corrected chi connectivity index (χ4v) is 3.64. The molecule has 0 atom stereocenters. The lowest BCUT2D eigenvalue weighted by Gasteiger charge is -2.04. The monoisotopic (exact) mass is 368 g/mol. The molecular weight excluding hydrogens is 336 g/mol. The van der Waals surface area contributed by atoms with Crippen LogP contribution in [0.25, 0.3) is 0 Å². The highest BCUT2D eigenvalue weighted by molar-refractivity contribution is 7.99. The molecular formula is C20H32O4S. The largest absolute Gasteiger partial charge is 0.471 e. The Kier molecular flexibility index (Phi) is 12.2. The summed E-state index contributed by atoms with van der Waals surface area (Å²) < 4.78 is 9.98. The lowest BCUT2D eigenvalue weighted by atomic mass is 10.1. The van der Waals surface area contributed by atoms with E-state index >= 15 is 0 Å². The van der Waals surface area contributed by atoms with Crippen LogP contribution in [0.15, 0.2) is 21.8 Å². The van der Waals surface area contributed by atoms with Crippen molar-refractivity contribution in [3.8, 4) is 0 Å². The van der Waals surface area contributed by atoms with E-state index in [0.717, 1.165) is 17.1 Å². The van der Waals surface area contributed by atoms with Crippen molar-refractivity contribution < 1.29 is 18.7 Å². The average Bonchev–Trinajstić information content (AvgIpc) is 3.05. The molecule has 4 nitrogen and oxygen atoms in total. The van der Waals surface area contributed by atoms with Gasteiger partial charge < -0.3 is 9.15 Å². The van der Waals surface area contributed by atoms with E-state index in [4.69, 9.17) is 9.15 Å². The molecule has 0 amide bonds. The molecule has 0 N–H and O–H groups in total. The Bertz CT molecular complexity index is 496. The zero-order valence-corrected chi connectivity index (χ0v) is 16.5. The van der Waals surface area contributed by atoms with Gasteiger partial charge in [0.25, 0.3) is 0 Å². The number of carbonyl (C=O) groups excluding carboxylic acids is 2. The number of ketones is 1. The predicted octanol–water partition coefficient (Wildman–Crippen LogP) is 6.04. The Morgan fingerprint density at radius 3 is 2.24 bits per heavy atom. The number of ether oxygens (including phenoxy) is 1. The van der Waals surface area contributed by atoms with Crippen molar-refractivity contribution in [3.63, 3.8) is 0 Å². The van der Waals surface area contributed by atoms with Crippen molar-refractivity contribution >= 4 is 23.5 Å². The second-order valence-corrected chi connectivity index (χ2v) is 7.37. The lowest BCUT2D eigenvalue weighted by molar-refractivity contribution is -0.141. The first-order valence-electron chi connectivity index (χ1n) is 9.56. The molecule has 0 radical (unpaired) electrons. The van der Waals surface area contributed by atoms with E-state index in [1.807, 2.05) is 0 Å². The molecule has 25 heavy (non-hydrogen) atoms. The van der Waals surface area contributed by atoms with Gasteiger partial charge in [-0.3, -0.25) is 9.59 Å². The van der Waals surface area contributed by atoms with Crippen LogP contribution in [0.1, 0.15) is 88.4 Å². The average molecular weight is 369 g/mol. The van der Waals surface area contributed by atoms with Crippen LogP contribution in [-0.4, -0.2) is 24.1 Å². The minimum absolute atomic E-state index is 0.223. The summed E-state index contributed by atoms with van der Waals surface area (Å²) in [5.41, 5.74) is 0.494. The molecule has 1 aromatic rings. The maximum atomic E-state index is 12.1. The van der Waals surface area contributed by atoms with Crippen molar-refractivity contribution in [1.29, 1.82) is 0 Å². The first-order valence-corrected chi connectivity index (χ1v) is 10.5. The minimum atomic E-state index is -0.483. The van der Waals surface area contributed by atoms with Gasteiger partial charge in [0.2, 0.25) is 0 Å². The van der Waals surface area contributed by atoms with Crippen LogP contribution in [0.4, 0.5) is 0 Å². The van der Waals surface area contributed by atoms with Crippen LogP contribution in [-0.2, 0) is 9.53 Å². The fourth-order valence-electron chi connectivity index (χ4n) is 2.63. The van der Waals surface area contributed by atoms with Crippen LogP contribution in [0.5, 0.6) is 0 Å². The van der Waals surface area contributed by atoms with Crippen LogP contribution in [0, 0.1) is 0 Å². The molecule has 1 aromatic heterocycles. The third-order valence-electron chi connectivity index (χ3n) is 4.04. The van der Waals surface area contributed by atoms with Gasteiger partial charge in [0, 0.05) is 0 Å². The fraction of sp³-hybridized carbons (Fsp3) is 0.700. The van der Waals surface area contributed by atoms with Crippen molar-refractivity contribution in [2.24, 2.45) is 0 Å². The minimum Gasteiger partial charge on any atom is -0.471 e. The van der Waals surface area contributed by atoms with Gasteiger partial charge in [-0.1, -0.05) is 58.3 Å². The predicted molar refractivity (Wildman–Crippen MR) is 102 cm³/mol. The Labute approximate surface area is 156 Å². The zero-order chi connectivity index (χ0) is 18.3. The molecule has 0 unspecified atom stereocenters. The lowest BCUT2D eigenvalue weighted by Crippen LogP contribution is -2.11. The number of thioether (sulfide) groups is 1. The first-order chi connectivity index (χ1) is 12.2. The van der Waals surface area contributed by atoms with Crippen molar-refractivity contribution in [2.75, 3.05) is 12.4 Å². The smallest absolute Gasteiger partial charge is 0.313 e. The standard InChI is InChI=1S/C20H32O4S/c1-3-5-6-7-8-9-10-11-12-13-25-19-16-23-15-17(19)18(21)14-20(22)24-4-2/h15-16H,3-14H2,1-2H3. The van der Waals surface area contributed by atoms with Gasteiger partial charge in [-0.25, -0.2) is 0 Å². The number of esters is 1. The zero-order valence-electron chi connectivity index (χ0n) is 15.7. The Balaban J connectivity index is 2.16. The number of carbonyl (C=O) groups is 2. The van der Waals surface area contributed by atoms with Crippen molar-refractivity contribution in [3.05, 3.63) is 18.1 Å². The summed E-state index contributed by atoms with van der Waals surface area (Å²) >= 11 is 1.63. The Hall–Kier alpha value is -1.23. The molecule has 0 fully saturated rings. The van der Waals surface area contributed by atoms with E-state index in [1.165, 1.54) is 57.6 Å². The van der Waals surface area contributed by atoms with Crippen LogP contribution >= 0.6 is 11.8 Å². The van der Waals surface area contributed by atoms with E-state index < -0.39 is 5.97 Å². The molecule has 0 aliphatic rings. The molecule has 0 saturated carbocycles. The van der Waals surface area contributed by atoms with Crippen LogP contribution in [0.3, 0.4) is 0 Å². The van der Waals surface area contributed by atoms with Crippen molar-refractivity contribution in [2.45, 2.75) is 83.0 Å². The summed E-state index contributed by atoms with van der Waals surface area (Å²) in [4.78, 5) is 24.4. The Morgan fingerprint density at radius 1 is 0.960 bits per heavy atom. The maximum Gasteiger partial charge on any atom is 0.313 e. The summed E-state index contributed by atoms with van der Waals surface area (Å²) in [7, 11) is 0. The topological polar surface area (TPSA) is 56.5 Å². The summed E-state index contributed by atoms with van der Waals surface area (Å²) in [6.07, 6.45) is 14.5. The molecule has 0 spiro atoms. The highest BCUT2D eigenvalue weighted by atomic mass is 32.2. The van der Waals surface area contributed by atoms with E-state index in [1.54, 1.807) is 24.9 Å². The molecule has 5 heteroatoms. The molecule has 0 aromatic carbocycles. The number of hydrogen-bond acceptors (Lipinski definition) is 5. The van der Waals surface area contributed by atoms with E-state index in [9.17, 15) is 9.59 Å². The quantitative estimate of drug-likeness (QED) is 0.124. The summed E-state index contributed by atoms with van der Waals surface area (Å²) in [6, 6.07) is 0. The third kappa shape index (κ3) is 9.73. The number of unbranched alkanes of at least 4 members (excludes halogenated alkanes) is 8. The van der Waals surface area contributed by atoms with Gasteiger partial charge in [0.05, 0.1) is 17.1 Å². The Morgan fingerprint density at radius 2 is 1.60 bits per heavy atom. The number of rotatable bonds is 15. The molecule has 0 saturated heterocycles. The van der Waals surface area contributed by atoms with Crippen LogP contribution < -0.4 is 0 Å². The molecule has 1 rings (SSSR count). The summed E-state index contributed by atoms with van der Waals surface area (Å²) in [5, 5.41) is 0. The molecule has 0 aliphatic carbocycles. The summed E-state index contributed by atoms with van der Waals surface area (Å²) in [5.74, 6) is 0.250. The number of Topliss-reactive ketones (excluding diaryl/α,β-unsaturated/α-hetero) is 1. The molecule has 1 heterocycles. The van der Waals surface area contributed by atoms with Gasteiger partial charge in [0.15, 0.2) is 5.78 Å². The van der Waals surface area contributed by atoms with E-state index in [2.05, 4.69) is 6.92 Å². The third-order valence-corrected chi connectivity index (χ3v) is 5.16. The maximum absolute atomic E-state index is 12.1. The number of furan rings is 1. The van der Waals surface area contributed by atoms with Gasteiger partial charge in [-0.2, -0.15) is 0 Å². The summed E-state index contributed by atoms with van der Waals surface area (Å²) in [6.45, 7) is 4.26. The van der Waals surface area contributed by atoms with E-state index in [-0.39, 0.29) is 18.8 Å².